The second-order valence-electron chi connectivity index (χ2n) is 2.08. The summed E-state index contributed by atoms with van der Waals surface area (Å²) in [5.74, 6) is -1.30. The van der Waals surface area contributed by atoms with E-state index in [1.807, 2.05) is 0 Å². The highest BCUT2D eigenvalue weighted by molar-refractivity contribution is 7.41. The Kier molecular flexibility index (Phi) is 4.33. The van der Waals surface area contributed by atoms with Gasteiger partial charge < -0.3 is 14.7 Å². The van der Waals surface area contributed by atoms with E-state index >= 15 is 0 Å². The van der Waals surface area contributed by atoms with Crippen molar-refractivity contribution in [3.63, 3.8) is 0 Å². The molecule has 0 aliphatic carbocycles. The van der Waals surface area contributed by atoms with Crippen molar-refractivity contribution in [2.75, 3.05) is 7.11 Å². The summed E-state index contributed by atoms with van der Waals surface area (Å²) in [7, 11) is -1.51. The number of aliphatic hydroxyl groups excluding tert-OH is 1. The van der Waals surface area contributed by atoms with Crippen molar-refractivity contribution in [3.05, 3.63) is 0 Å². The van der Waals surface area contributed by atoms with Crippen molar-refractivity contribution in [3.8, 4) is 0 Å². The Bertz CT molecular complexity index is 166. The average Bonchev–Trinajstić information content (AvgIpc) is 1.85. The van der Waals surface area contributed by atoms with Gasteiger partial charge in [-0.05, 0) is 6.92 Å². The molecule has 0 rings (SSSR count). The molecule has 0 amide bonds. The van der Waals surface area contributed by atoms with Gasteiger partial charge in [-0.25, -0.2) is 0 Å². The summed E-state index contributed by atoms with van der Waals surface area (Å²) in [6.07, 6.45) is -1.15. The van der Waals surface area contributed by atoms with Crippen LogP contribution in [-0.4, -0.2) is 35.1 Å². The Labute approximate surface area is 64.9 Å². The van der Waals surface area contributed by atoms with Crippen LogP contribution in [0.5, 0.6) is 0 Å². The second-order valence-corrected chi connectivity index (χ2v) is 3.75. The molecular formula is C5H11O5P. The van der Waals surface area contributed by atoms with Crippen LogP contribution in [0, 0.1) is 0 Å². The van der Waals surface area contributed by atoms with E-state index in [-0.39, 0.29) is 0 Å². The molecule has 0 aliphatic rings. The van der Waals surface area contributed by atoms with E-state index in [1.54, 1.807) is 0 Å². The molecule has 6 heteroatoms. The van der Waals surface area contributed by atoms with Gasteiger partial charge in [0.2, 0.25) is 8.03 Å². The number of hydrogen-bond donors (Lipinski definition) is 2. The van der Waals surface area contributed by atoms with E-state index in [0.29, 0.717) is 0 Å². The summed E-state index contributed by atoms with van der Waals surface area (Å²) in [6, 6.07) is 0. The van der Waals surface area contributed by atoms with Gasteiger partial charge in [-0.15, -0.1) is 0 Å². The van der Waals surface area contributed by atoms with E-state index in [4.69, 9.17) is 10.2 Å². The largest absolute Gasteiger partial charge is 0.481 e. The predicted octanol–water partition coefficient (Wildman–Crippen LogP) is -0.0585. The monoisotopic (exact) mass is 182 g/mol. The molecule has 2 unspecified atom stereocenters. The molecule has 66 valence electrons. The molecule has 2 N–H and O–H groups in total. The van der Waals surface area contributed by atoms with Crippen molar-refractivity contribution < 1.29 is 24.1 Å². The van der Waals surface area contributed by atoms with Gasteiger partial charge in [0.25, 0.3) is 0 Å². The number of aliphatic carboxylic acids is 1. The Morgan fingerprint density at radius 2 is 2.09 bits per heavy atom. The van der Waals surface area contributed by atoms with Crippen molar-refractivity contribution in [1.29, 1.82) is 0 Å². The molecule has 5 nitrogen and oxygen atoms in total. The van der Waals surface area contributed by atoms with Crippen molar-refractivity contribution in [2.45, 2.75) is 18.7 Å². The van der Waals surface area contributed by atoms with Gasteiger partial charge in [0.15, 0.2) is 5.66 Å². The molecule has 11 heavy (non-hydrogen) atoms. The van der Waals surface area contributed by atoms with Gasteiger partial charge >= 0.3 is 5.97 Å². The molecule has 0 fully saturated rings. The molecule has 0 saturated heterocycles. The zero-order valence-corrected chi connectivity index (χ0v) is 7.27. The van der Waals surface area contributed by atoms with Gasteiger partial charge in [-0.3, -0.25) is 9.36 Å². The van der Waals surface area contributed by atoms with E-state index < -0.39 is 25.8 Å². The zero-order chi connectivity index (χ0) is 9.02. The van der Waals surface area contributed by atoms with Crippen molar-refractivity contribution in [1.82, 2.24) is 0 Å². The van der Waals surface area contributed by atoms with E-state index in [2.05, 4.69) is 4.52 Å². The number of carboxylic acids is 1. The molecule has 0 spiro atoms. The van der Waals surface area contributed by atoms with E-state index in [9.17, 15) is 9.36 Å². The summed E-state index contributed by atoms with van der Waals surface area (Å²) in [5.41, 5.74) is -1.30. The molecule has 0 saturated carbocycles. The summed E-state index contributed by atoms with van der Waals surface area (Å²) in [6.45, 7) is 1.26. The minimum Gasteiger partial charge on any atom is -0.481 e. The summed E-state index contributed by atoms with van der Waals surface area (Å²) in [5, 5.41) is 17.3. The summed E-state index contributed by atoms with van der Waals surface area (Å²) >= 11 is 0. The van der Waals surface area contributed by atoms with Crippen molar-refractivity contribution >= 4 is 14.0 Å². The maximum atomic E-state index is 10.8. The fraction of sp³-hybridized carbons (Fsp3) is 0.800. The van der Waals surface area contributed by atoms with Gasteiger partial charge in [0.05, 0.1) is 6.10 Å². The fourth-order valence-corrected chi connectivity index (χ4v) is 1.48. The van der Waals surface area contributed by atoms with E-state index in [0.717, 1.165) is 7.11 Å². The number of carboxylic acid groups (broad SMARTS) is 1. The van der Waals surface area contributed by atoms with Crippen LogP contribution >= 0.6 is 8.03 Å². The van der Waals surface area contributed by atoms with Crippen LogP contribution in [0.15, 0.2) is 0 Å². The third kappa shape index (κ3) is 3.01. The normalized spacial score (nSPS) is 18.8. The maximum absolute atomic E-state index is 10.8. The van der Waals surface area contributed by atoms with Gasteiger partial charge in [0.1, 0.15) is 0 Å². The summed E-state index contributed by atoms with van der Waals surface area (Å²) in [4.78, 5) is 10.3. The number of carbonyl (C=O) groups is 1. The van der Waals surface area contributed by atoms with Gasteiger partial charge in [0, 0.05) is 7.11 Å². The minimum absolute atomic E-state index is 1.15. The van der Waals surface area contributed by atoms with Crippen LogP contribution in [0.3, 0.4) is 0 Å². The first-order valence-corrected chi connectivity index (χ1v) is 4.38. The Hall–Kier alpha value is -0.380. The highest BCUT2D eigenvalue weighted by Gasteiger charge is 2.29. The smallest absolute Gasteiger partial charge is 0.318 e. The maximum Gasteiger partial charge on any atom is 0.318 e. The van der Waals surface area contributed by atoms with Crippen LogP contribution in [0.1, 0.15) is 6.92 Å². The van der Waals surface area contributed by atoms with Crippen molar-refractivity contribution in [2.24, 2.45) is 0 Å². The van der Waals surface area contributed by atoms with Gasteiger partial charge in [-0.1, -0.05) is 0 Å². The first kappa shape index (κ1) is 10.6. The Morgan fingerprint density at radius 1 is 1.64 bits per heavy atom. The lowest BCUT2D eigenvalue weighted by molar-refractivity contribution is -0.138. The zero-order valence-electron chi connectivity index (χ0n) is 6.27. The SMILES string of the molecule is CO[PH](=O)[C@H](C(=O)O)C(C)O. The quantitative estimate of drug-likeness (QED) is 0.595. The molecule has 0 radical (unpaired) electrons. The van der Waals surface area contributed by atoms with Crippen LogP contribution in [0.2, 0.25) is 0 Å². The lowest BCUT2D eigenvalue weighted by atomic mass is 10.3. The van der Waals surface area contributed by atoms with Crippen LogP contribution < -0.4 is 0 Å². The molecule has 0 aromatic heterocycles. The van der Waals surface area contributed by atoms with E-state index in [1.165, 1.54) is 6.92 Å². The lowest BCUT2D eigenvalue weighted by Crippen LogP contribution is -2.28. The lowest BCUT2D eigenvalue weighted by Gasteiger charge is -2.12. The first-order valence-electron chi connectivity index (χ1n) is 2.99. The third-order valence-corrected chi connectivity index (χ3v) is 2.84. The molecule has 3 atom stereocenters. The predicted molar refractivity (Wildman–Crippen MR) is 39.1 cm³/mol. The minimum atomic E-state index is -2.67. The van der Waals surface area contributed by atoms with Crippen LogP contribution in [0.25, 0.3) is 0 Å². The Balaban J connectivity index is 4.34. The molecule has 0 heterocycles. The standard InChI is InChI=1S/C5H11O5P/c1-3(6)4(5(7)8)11(9)10-2/h3-4,6,11H,1-2H3,(H,7,8)/t3?,4-/m0/s1. The molecule has 0 bridgehead atoms. The third-order valence-electron chi connectivity index (χ3n) is 1.20. The average molecular weight is 182 g/mol. The molecule has 0 aromatic carbocycles. The molecule has 0 aliphatic heterocycles. The topological polar surface area (TPSA) is 83.8 Å². The second kappa shape index (κ2) is 4.49. The Morgan fingerprint density at radius 3 is 2.18 bits per heavy atom. The fourth-order valence-electron chi connectivity index (χ4n) is 0.631. The number of aliphatic hydroxyl groups is 1. The van der Waals surface area contributed by atoms with Gasteiger partial charge in [-0.2, -0.15) is 0 Å². The van der Waals surface area contributed by atoms with Crippen LogP contribution in [0.4, 0.5) is 0 Å². The number of hydrogen-bond acceptors (Lipinski definition) is 4. The number of rotatable bonds is 4. The highest BCUT2D eigenvalue weighted by Crippen LogP contribution is 2.30. The highest BCUT2D eigenvalue weighted by atomic mass is 31.1. The van der Waals surface area contributed by atoms with Crippen LogP contribution in [-0.2, 0) is 13.9 Å². The first-order chi connectivity index (χ1) is 5.00. The molecular weight excluding hydrogens is 171 g/mol. The molecule has 0 aromatic rings. The summed E-state index contributed by atoms with van der Waals surface area (Å²) < 4.78 is 15.2.